The summed E-state index contributed by atoms with van der Waals surface area (Å²) in [6, 6.07) is 20.6. The molecule has 1 aliphatic heterocycles. The molecule has 296 valence electrons. The van der Waals surface area contributed by atoms with Crippen molar-refractivity contribution in [1.82, 2.24) is 25.0 Å². The number of rotatable bonds is 18. The zero-order chi connectivity index (χ0) is 39.6. The minimum Gasteiger partial charge on any atom is -0.480 e. The molecule has 0 radical (unpaired) electrons. The molecule has 1 atom stereocenters. The number of nitrogens with zero attached hydrogens (tertiary/aromatic N) is 4. The molecule has 0 amide bonds. The van der Waals surface area contributed by atoms with Gasteiger partial charge in [-0.3, -0.25) is 38.9 Å². The Hall–Kier alpha value is -4.45. The van der Waals surface area contributed by atoms with Crippen LogP contribution in [0.15, 0.2) is 71.6 Å². The number of aliphatic carboxylic acids is 3. The van der Waals surface area contributed by atoms with Gasteiger partial charge < -0.3 is 30.7 Å². The Morgan fingerprint density at radius 2 is 1.47 bits per heavy atom. The molecule has 1 aliphatic rings. The molecule has 14 nitrogen and oxygen atoms in total. The lowest BCUT2D eigenvalue weighted by molar-refractivity contribution is -0.141. The number of carboxylic acid groups (broad SMARTS) is 3. The fourth-order valence-corrected chi connectivity index (χ4v) is 7.15. The van der Waals surface area contributed by atoms with E-state index in [1.807, 2.05) is 42.5 Å². The number of hydrogen-bond acceptors (Lipinski definition) is 11. The van der Waals surface area contributed by atoms with Crippen molar-refractivity contribution in [3.63, 3.8) is 0 Å². The molecule has 0 fully saturated rings. The topological polar surface area (TPSA) is 185 Å². The predicted molar refractivity (Wildman–Crippen MR) is 214 cm³/mol. The molecule has 2 bridgehead atoms. The van der Waals surface area contributed by atoms with Gasteiger partial charge in [0.15, 0.2) is 10.2 Å². The number of benzene rings is 2. The Labute approximate surface area is 331 Å². The summed E-state index contributed by atoms with van der Waals surface area (Å²) in [5, 5.41) is 35.8. The van der Waals surface area contributed by atoms with Gasteiger partial charge >= 0.3 is 17.9 Å². The third kappa shape index (κ3) is 16.4. The summed E-state index contributed by atoms with van der Waals surface area (Å²) in [5.41, 5.74) is 4.17. The highest BCUT2D eigenvalue weighted by molar-refractivity contribution is 8.13. The van der Waals surface area contributed by atoms with Crippen LogP contribution in [0.2, 0.25) is 0 Å². The van der Waals surface area contributed by atoms with Gasteiger partial charge in [-0.05, 0) is 72.6 Å². The van der Waals surface area contributed by atoms with Crippen LogP contribution in [-0.4, -0.2) is 128 Å². The second-order valence-electron chi connectivity index (χ2n) is 13.3. The molecule has 2 heterocycles. The summed E-state index contributed by atoms with van der Waals surface area (Å²) < 4.78 is 5.63. The molecule has 5 N–H and O–H groups in total. The van der Waals surface area contributed by atoms with Gasteiger partial charge in [-0.15, -0.1) is 0 Å². The van der Waals surface area contributed by atoms with E-state index >= 15 is 0 Å². The van der Waals surface area contributed by atoms with Gasteiger partial charge in [-0.2, -0.15) is 0 Å². The van der Waals surface area contributed by atoms with Crippen molar-refractivity contribution in [2.45, 2.75) is 56.6 Å². The van der Waals surface area contributed by atoms with E-state index in [1.54, 1.807) is 26.8 Å². The number of anilines is 1. The number of aromatic nitrogens is 1. The summed E-state index contributed by atoms with van der Waals surface area (Å²) in [5.74, 6) is -3.05. The number of ether oxygens (including phenoxy) is 1. The van der Waals surface area contributed by atoms with E-state index in [4.69, 9.17) is 21.9 Å². The summed E-state index contributed by atoms with van der Waals surface area (Å²) in [6.45, 7) is 3.71. The smallest absolute Gasteiger partial charge is 0.317 e. The molecule has 16 heteroatoms. The lowest BCUT2D eigenvalue weighted by Gasteiger charge is -2.36. The number of thiocarbonyl (C=S) groups is 1. The number of thioether (sulfide) groups is 1. The quantitative estimate of drug-likeness (QED) is 0.0711. The molecule has 55 heavy (non-hydrogen) atoms. The van der Waals surface area contributed by atoms with Gasteiger partial charge in [0.05, 0.1) is 44.2 Å². The first-order valence-corrected chi connectivity index (χ1v) is 19.5. The van der Waals surface area contributed by atoms with E-state index in [0.717, 1.165) is 29.0 Å². The fourth-order valence-electron chi connectivity index (χ4n) is 6.21. The van der Waals surface area contributed by atoms with Crippen LogP contribution in [0.4, 0.5) is 5.69 Å². The van der Waals surface area contributed by atoms with Crippen LogP contribution in [0.25, 0.3) is 0 Å². The zero-order valence-corrected chi connectivity index (χ0v) is 32.7. The van der Waals surface area contributed by atoms with Crippen molar-refractivity contribution in [1.29, 1.82) is 0 Å². The van der Waals surface area contributed by atoms with Gasteiger partial charge in [0.2, 0.25) is 0 Å². The lowest BCUT2D eigenvalue weighted by Crippen LogP contribution is -2.50. The van der Waals surface area contributed by atoms with Crippen LogP contribution < -0.4 is 10.6 Å². The van der Waals surface area contributed by atoms with Gasteiger partial charge in [0.25, 0.3) is 0 Å². The number of carbonyl (C=O) groups is 4. The van der Waals surface area contributed by atoms with E-state index < -0.39 is 23.9 Å². The monoisotopic (exact) mass is 794 g/mol. The van der Waals surface area contributed by atoms with Crippen LogP contribution in [0.1, 0.15) is 42.3 Å². The summed E-state index contributed by atoms with van der Waals surface area (Å²) >= 11 is 6.68. The highest BCUT2D eigenvalue weighted by Gasteiger charge is 2.27. The average Bonchev–Trinajstić information content (AvgIpc) is 3.12. The number of fused-ring (bicyclic) bond motifs is 2. The van der Waals surface area contributed by atoms with Crippen molar-refractivity contribution in [2.75, 3.05) is 64.3 Å². The summed E-state index contributed by atoms with van der Waals surface area (Å²) in [4.78, 5) is 58.8. The first kappa shape index (κ1) is 43.3. The predicted octanol–water partition coefficient (Wildman–Crippen LogP) is 3.83. The highest BCUT2D eigenvalue weighted by atomic mass is 32.2. The molecule has 3 aromatic rings. The number of pyridine rings is 1. The zero-order valence-electron chi connectivity index (χ0n) is 31.0. The molecule has 1 aromatic heterocycles. The minimum atomic E-state index is -1.03. The van der Waals surface area contributed by atoms with Gasteiger partial charge in [-0.1, -0.05) is 55.4 Å². The van der Waals surface area contributed by atoms with Crippen molar-refractivity contribution >= 4 is 57.8 Å². The van der Waals surface area contributed by atoms with E-state index in [1.165, 1.54) is 17.3 Å². The molecular formula is C39H50N6O8S2. The molecule has 0 spiro atoms. The number of carboxylic acids is 3. The van der Waals surface area contributed by atoms with Crippen LogP contribution in [0.5, 0.6) is 0 Å². The van der Waals surface area contributed by atoms with E-state index in [2.05, 4.69) is 29.7 Å². The van der Waals surface area contributed by atoms with E-state index in [-0.39, 0.29) is 57.5 Å². The van der Waals surface area contributed by atoms with Gasteiger partial charge in [0, 0.05) is 62.3 Å². The Bertz CT molecular complexity index is 1730. The molecule has 4 rings (SSSR count). The maximum Gasteiger partial charge on any atom is 0.317 e. The van der Waals surface area contributed by atoms with E-state index in [9.17, 15) is 34.5 Å². The van der Waals surface area contributed by atoms with Crippen molar-refractivity contribution in [3.05, 3.63) is 89.2 Å². The second-order valence-corrected chi connectivity index (χ2v) is 14.9. The Morgan fingerprint density at radius 1 is 0.836 bits per heavy atom. The van der Waals surface area contributed by atoms with Crippen molar-refractivity contribution in [3.8, 4) is 0 Å². The molecule has 0 saturated carbocycles. The molecule has 2 aromatic carbocycles. The van der Waals surface area contributed by atoms with Crippen LogP contribution in [-0.2, 0) is 49.8 Å². The standard InChI is InChI=1S/C39H50N6O8S2/c1-2-4-28-9-13-34(14-10-28)55-38(52)15-19-53-20-16-40-39(54)42-30-11-7-29(8-12-30)21-33-24-44(26-36(48)49)18-17-43(25-35(46)47)22-31-5-3-6-32(41-31)23-45(33)27-37(50)51/h3,5-14,33H,2,4,15-27H2,1H3,(H,46,47)(H,48,49)(H,50,51)(H2,40,42,54). The third-order valence-corrected chi connectivity index (χ3v) is 9.93. The average molecular weight is 795 g/mol. The molecule has 1 unspecified atom stereocenters. The van der Waals surface area contributed by atoms with Crippen molar-refractivity contribution in [2.24, 2.45) is 0 Å². The summed E-state index contributed by atoms with van der Waals surface area (Å²) in [6.07, 6.45) is 2.82. The first-order chi connectivity index (χ1) is 26.4. The fraction of sp³-hybridized carbons (Fsp3) is 0.436. The number of hydrogen-bond donors (Lipinski definition) is 5. The van der Waals surface area contributed by atoms with Crippen LogP contribution >= 0.6 is 24.0 Å². The van der Waals surface area contributed by atoms with Gasteiger partial charge in [0.1, 0.15) is 0 Å². The number of carbonyl (C=O) groups excluding carboxylic acids is 1. The molecule has 0 saturated heterocycles. The van der Waals surface area contributed by atoms with Crippen LogP contribution in [0, 0.1) is 0 Å². The second kappa shape index (κ2) is 22.8. The Morgan fingerprint density at radius 3 is 2.15 bits per heavy atom. The summed E-state index contributed by atoms with van der Waals surface area (Å²) in [7, 11) is 0. The Kier molecular flexibility index (Phi) is 18.0. The largest absolute Gasteiger partial charge is 0.480 e. The Balaban J connectivity index is 1.31. The maximum absolute atomic E-state index is 12.3. The normalized spacial score (nSPS) is 15.7. The highest BCUT2D eigenvalue weighted by Crippen LogP contribution is 2.22. The maximum atomic E-state index is 12.3. The van der Waals surface area contributed by atoms with Gasteiger partial charge in [-0.25, -0.2) is 0 Å². The number of aryl methyl sites for hydroxylation is 1. The first-order valence-electron chi connectivity index (χ1n) is 18.3. The molecular weight excluding hydrogens is 745 g/mol. The SMILES string of the molecule is CCCc1ccc(SC(=O)CCOCCNC(=S)Nc2ccc(CC3CN(CC(=O)O)CCN(CC(=O)O)Cc4cccc(n4)CN3CC(=O)O)cc2)cc1. The van der Waals surface area contributed by atoms with Crippen molar-refractivity contribution < 1.29 is 39.2 Å². The lowest BCUT2D eigenvalue weighted by atomic mass is 10.0. The molecule has 0 aliphatic carbocycles. The minimum absolute atomic E-state index is 0.0477. The van der Waals surface area contributed by atoms with Crippen LogP contribution in [0.3, 0.4) is 0 Å². The third-order valence-electron chi connectivity index (χ3n) is 8.75. The van der Waals surface area contributed by atoms with E-state index in [0.29, 0.717) is 49.1 Å². The number of nitrogens with one attached hydrogen (secondary N) is 2.